The largest absolute Gasteiger partial charge is 0.0587 e. The van der Waals surface area contributed by atoms with Crippen molar-refractivity contribution in [3.8, 4) is 0 Å². The zero-order chi connectivity index (χ0) is 12.5. The van der Waals surface area contributed by atoms with Crippen molar-refractivity contribution in [2.75, 3.05) is 0 Å². The van der Waals surface area contributed by atoms with Gasteiger partial charge in [-0.25, -0.2) is 0 Å². The Morgan fingerprint density at radius 3 is 2.06 bits per heavy atom. The van der Waals surface area contributed by atoms with Gasteiger partial charge in [-0.3, -0.25) is 0 Å². The third kappa shape index (κ3) is 2.37. The van der Waals surface area contributed by atoms with E-state index in [9.17, 15) is 0 Å². The molecular weight excluding hydrogens is 284 g/mol. The Kier molecular flexibility index (Phi) is 3.25. The van der Waals surface area contributed by atoms with Gasteiger partial charge in [-0.2, -0.15) is 0 Å². The van der Waals surface area contributed by atoms with Crippen LogP contribution in [0.3, 0.4) is 0 Å². The fraction of sp³-hybridized carbons (Fsp3) is 0.294. The summed E-state index contributed by atoms with van der Waals surface area (Å²) in [5.74, 6) is 0. The second kappa shape index (κ2) is 4.89. The molecule has 4 aliphatic carbocycles. The predicted molar refractivity (Wildman–Crippen MR) is 80.1 cm³/mol. The van der Waals surface area contributed by atoms with Crippen LogP contribution in [0.4, 0.5) is 0 Å². The monoisotopic (exact) mass is 300 g/mol. The number of hydrogen-bond acceptors (Lipinski definition) is 0. The molecule has 0 radical (unpaired) electrons. The normalized spacial score (nSPS) is 14.3. The molecule has 0 heterocycles. The molecule has 92 valence electrons. The summed E-state index contributed by atoms with van der Waals surface area (Å²) in [5.41, 5.74) is 7.23. The first kappa shape index (κ1) is 12.0. The molecule has 0 spiro atoms. The molecule has 0 fully saturated rings. The van der Waals surface area contributed by atoms with Crippen LogP contribution in [-0.2, 0) is 25.7 Å². The van der Waals surface area contributed by atoms with Crippen molar-refractivity contribution in [1.82, 2.24) is 0 Å². The van der Waals surface area contributed by atoms with Gasteiger partial charge in [-0.1, -0.05) is 46.3 Å². The molecule has 1 heteroatoms. The maximum atomic E-state index is 3.70. The lowest BCUT2D eigenvalue weighted by atomic mass is 9.94. The van der Waals surface area contributed by atoms with Gasteiger partial charge in [0.05, 0.1) is 0 Å². The summed E-state index contributed by atoms with van der Waals surface area (Å²) in [6.07, 6.45) is 4.50. The summed E-state index contributed by atoms with van der Waals surface area (Å²) in [6.45, 7) is 2.24. The van der Waals surface area contributed by atoms with Crippen LogP contribution in [0.2, 0.25) is 0 Å². The Balaban J connectivity index is 2.03. The average Bonchev–Trinajstić information content (AvgIpc) is 2.34. The number of halogens is 1. The highest BCUT2D eigenvalue weighted by Crippen LogP contribution is 2.24. The second-order valence-corrected chi connectivity index (χ2v) is 6.04. The minimum absolute atomic E-state index is 1.11. The molecular formula is C17H17Br. The molecule has 2 aromatic carbocycles. The van der Waals surface area contributed by atoms with E-state index in [1.807, 2.05) is 0 Å². The summed E-state index contributed by atoms with van der Waals surface area (Å²) in [7, 11) is 0. The maximum absolute atomic E-state index is 3.70. The minimum atomic E-state index is 1.11. The van der Waals surface area contributed by atoms with Gasteiger partial charge in [-0.15, -0.1) is 0 Å². The van der Waals surface area contributed by atoms with Gasteiger partial charge in [0.15, 0.2) is 0 Å². The molecule has 18 heavy (non-hydrogen) atoms. The third-order valence-electron chi connectivity index (χ3n) is 3.89. The topological polar surface area (TPSA) is 0 Å². The molecule has 2 aromatic rings. The standard InChI is InChI=1S/C17H17Br/c1-12-10-13-2-6-15(12)7-3-14-5-9-16(8-4-13)17(18)11-14/h2,5-6,9-11H,3-4,7-8H2,1H3. The Bertz CT molecular complexity index is 531. The van der Waals surface area contributed by atoms with Crippen LogP contribution in [0.15, 0.2) is 40.9 Å². The predicted octanol–water partition coefficient (Wildman–Crippen LogP) is 4.64. The molecule has 0 nitrogen and oxygen atoms in total. The van der Waals surface area contributed by atoms with Crippen LogP contribution in [0.1, 0.15) is 27.8 Å². The lowest BCUT2D eigenvalue weighted by Gasteiger charge is -2.13. The van der Waals surface area contributed by atoms with Crippen molar-refractivity contribution in [1.29, 1.82) is 0 Å². The van der Waals surface area contributed by atoms with Crippen LogP contribution in [-0.4, -0.2) is 0 Å². The van der Waals surface area contributed by atoms with Gasteiger partial charge in [0.25, 0.3) is 0 Å². The van der Waals surface area contributed by atoms with Crippen molar-refractivity contribution in [3.63, 3.8) is 0 Å². The molecule has 0 saturated heterocycles. The van der Waals surface area contributed by atoms with Crippen molar-refractivity contribution in [3.05, 3.63) is 68.7 Å². The Morgan fingerprint density at radius 2 is 1.39 bits per heavy atom. The van der Waals surface area contributed by atoms with Crippen molar-refractivity contribution < 1.29 is 0 Å². The first-order valence-corrected chi connectivity index (χ1v) is 7.37. The van der Waals surface area contributed by atoms with Crippen molar-refractivity contribution in [2.24, 2.45) is 0 Å². The van der Waals surface area contributed by atoms with E-state index in [-0.39, 0.29) is 0 Å². The van der Waals surface area contributed by atoms with Gasteiger partial charge in [0, 0.05) is 4.47 Å². The summed E-state index contributed by atoms with van der Waals surface area (Å²) in [5, 5.41) is 0. The van der Waals surface area contributed by atoms with E-state index in [1.54, 1.807) is 0 Å². The summed E-state index contributed by atoms with van der Waals surface area (Å²) < 4.78 is 1.27. The minimum Gasteiger partial charge on any atom is -0.0587 e. The molecule has 0 N–H and O–H groups in total. The maximum Gasteiger partial charge on any atom is 0.0210 e. The van der Waals surface area contributed by atoms with Crippen LogP contribution >= 0.6 is 15.9 Å². The van der Waals surface area contributed by atoms with E-state index in [0.29, 0.717) is 0 Å². The van der Waals surface area contributed by atoms with Crippen molar-refractivity contribution in [2.45, 2.75) is 32.6 Å². The molecule has 0 aromatic heterocycles. The zero-order valence-electron chi connectivity index (χ0n) is 10.7. The first-order chi connectivity index (χ1) is 8.72. The molecule has 4 bridgehead atoms. The molecule has 6 rings (SSSR count). The molecule has 0 unspecified atom stereocenters. The number of benzene rings is 2. The fourth-order valence-corrected chi connectivity index (χ4v) is 3.33. The number of rotatable bonds is 0. The highest BCUT2D eigenvalue weighted by molar-refractivity contribution is 9.10. The van der Waals surface area contributed by atoms with E-state index in [4.69, 9.17) is 0 Å². The Hall–Kier alpha value is -1.08. The lowest BCUT2D eigenvalue weighted by Crippen LogP contribution is -2.00. The second-order valence-electron chi connectivity index (χ2n) is 5.19. The number of aryl methyl sites for hydroxylation is 5. The molecule has 0 amide bonds. The van der Waals surface area contributed by atoms with Gasteiger partial charge < -0.3 is 0 Å². The molecule has 4 aliphatic rings. The molecule has 0 saturated carbocycles. The van der Waals surface area contributed by atoms with Crippen LogP contribution in [0.25, 0.3) is 0 Å². The van der Waals surface area contributed by atoms with Gasteiger partial charge in [-0.05, 0) is 66.5 Å². The highest BCUT2D eigenvalue weighted by Gasteiger charge is 2.07. The van der Waals surface area contributed by atoms with Gasteiger partial charge in [0.1, 0.15) is 0 Å². The molecule has 0 atom stereocenters. The molecule has 0 aliphatic heterocycles. The van der Waals surface area contributed by atoms with E-state index < -0.39 is 0 Å². The van der Waals surface area contributed by atoms with E-state index >= 15 is 0 Å². The van der Waals surface area contributed by atoms with Crippen LogP contribution in [0, 0.1) is 6.92 Å². The SMILES string of the molecule is Cc1cc2ccc1CCc1ccc(c(Br)c1)CC2. The Labute approximate surface area is 117 Å². The third-order valence-corrected chi connectivity index (χ3v) is 4.63. The summed E-state index contributed by atoms with van der Waals surface area (Å²) in [6, 6.07) is 13.8. The highest BCUT2D eigenvalue weighted by atomic mass is 79.9. The average molecular weight is 301 g/mol. The van der Waals surface area contributed by atoms with Crippen LogP contribution < -0.4 is 0 Å². The number of hydrogen-bond donors (Lipinski definition) is 0. The fourth-order valence-electron chi connectivity index (χ4n) is 2.70. The quantitative estimate of drug-likeness (QED) is 0.665. The smallest absolute Gasteiger partial charge is 0.0210 e. The van der Waals surface area contributed by atoms with Crippen LogP contribution in [0.5, 0.6) is 0 Å². The first-order valence-electron chi connectivity index (χ1n) is 6.58. The Morgan fingerprint density at radius 1 is 0.778 bits per heavy atom. The van der Waals surface area contributed by atoms with Gasteiger partial charge >= 0.3 is 0 Å². The lowest BCUT2D eigenvalue weighted by molar-refractivity contribution is 0.908. The zero-order valence-corrected chi connectivity index (χ0v) is 12.3. The summed E-state index contributed by atoms with van der Waals surface area (Å²) >= 11 is 3.70. The van der Waals surface area contributed by atoms with Gasteiger partial charge in [0.2, 0.25) is 0 Å². The van der Waals surface area contributed by atoms with E-state index in [2.05, 4.69) is 59.3 Å². The summed E-state index contributed by atoms with van der Waals surface area (Å²) in [4.78, 5) is 0. The van der Waals surface area contributed by atoms with E-state index in [0.717, 1.165) is 25.7 Å². The van der Waals surface area contributed by atoms with E-state index in [1.165, 1.54) is 32.3 Å². The van der Waals surface area contributed by atoms with Crippen molar-refractivity contribution >= 4 is 15.9 Å².